The number of para-hydroxylation sites is 2. The minimum atomic E-state index is -0.499. The third-order valence-electron chi connectivity index (χ3n) is 4.36. The molecule has 7 nitrogen and oxygen atoms in total. The quantitative estimate of drug-likeness (QED) is 0.673. The molecule has 1 aliphatic rings. The lowest BCUT2D eigenvalue weighted by Crippen LogP contribution is -2.34. The first kappa shape index (κ1) is 16.8. The molecule has 25 heavy (non-hydrogen) atoms. The van der Waals surface area contributed by atoms with Crippen molar-refractivity contribution >= 4 is 17.4 Å². The highest BCUT2D eigenvalue weighted by Crippen LogP contribution is 2.34. The molecule has 1 fully saturated rings. The van der Waals surface area contributed by atoms with Gasteiger partial charge in [0.2, 0.25) is 0 Å². The SMILES string of the molecule is COc1ccc([C@@H]2CCCN2C(=O)Nc2ccccc2[N+](=O)[O-])cc1. The van der Waals surface area contributed by atoms with Gasteiger partial charge in [-0.3, -0.25) is 10.1 Å². The van der Waals surface area contributed by atoms with E-state index in [1.165, 1.54) is 12.1 Å². The average molecular weight is 341 g/mol. The largest absolute Gasteiger partial charge is 0.497 e. The van der Waals surface area contributed by atoms with Gasteiger partial charge in [0, 0.05) is 12.6 Å². The third kappa shape index (κ3) is 3.55. The number of benzene rings is 2. The summed E-state index contributed by atoms with van der Waals surface area (Å²) in [6.45, 7) is 0.614. The van der Waals surface area contributed by atoms with Crippen LogP contribution in [0.25, 0.3) is 0 Å². The van der Waals surface area contributed by atoms with Crippen LogP contribution in [0, 0.1) is 10.1 Å². The summed E-state index contributed by atoms with van der Waals surface area (Å²) >= 11 is 0. The Morgan fingerprint density at radius 2 is 1.96 bits per heavy atom. The van der Waals surface area contributed by atoms with E-state index in [0.717, 1.165) is 24.2 Å². The molecule has 2 aromatic carbocycles. The van der Waals surface area contributed by atoms with Gasteiger partial charge < -0.3 is 15.0 Å². The number of nitrogens with zero attached hydrogens (tertiary/aromatic N) is 2. The summed E-state index contributed by atoms with van der Waals surface area (Å²) in [5.74, 6) is 0.762. The number of carbonyl (C=O) groups excluding carboxylic acids is 1. The Morgan fingerprint density at radius 3 is 2.64 bits per heavy atom. The van der Waals surface area contributed by atoms with Crippen LogP contribution in [0.5, 0.6) is 5.75 Å². The van der Waals surface area contributed by atoms with Gasteiger partial charge in [-0.05, 0) is 36.6 Å². The van der Waals surface area contributed by atoms with Crippen molar-refractivity contribution in [3.8, 4) is 5.75 Å². The fourth-order valence-corrected chi connectivity index (χ4v) is 3.11. The highest BCUT2D eigenvalue weighted by molar-refractivity contribution is 5.92. The number of nitrogens with one attached hydrogen (secondary N) is 1. The normalized spacial score (nSPS) is 16.5. The number of carbonyl (C=O) groups is 1. The highest BCUT2D eigenvalue weighted by atomic mass is 16.6. The zero-order valence-electron chi connectivity index (χ0n) is 13.8. The molecular weight excluding hydrogens is 322 g/mol. The lowest BCUT2D eigenvalue weighted by molar-refractivity contribution is -0.383. The molecule has 3 rings (SSSR count). The van der Waals surface area contributed by atoms with Crippen LogP contribution in [0.1, 0.15) is 24.4 Å². The van der Waals surface area contributed by atoms with Crippen molar-refractivity contribution < 1.29 is 14.5 Å². The maximum Gasteiger partial charge on any atom is 0.322 e. The minimum Gasteiger partial charge on any atom is -0.497 e. The molecule has 0 spiro atoms. The number of anilines is 1. The van der Waals surface area contributed by atoms with Gasteiger partial charge in [-0.1, -0.05) is 24.3 Å². The standard InChI is InChI=1S/C18H19N3O4/c1-25-14-10-8-13(9-11-14)16-7-4-12-20(16)18(22)19-15-5-2-3-6-17(15)21(23)24/h2-3,5-6,8-11,16H,4,7,12H2,1H3,(H,19,22)/t16-/m0/s1. The lowest BCUT2D eigenvalue weighted by atomic mass is 10.0. The first-order valence-corrected chi connectivity index (χ1v) is 8.05. The number of likely N-dealkylation sites (tertiary alicyclic amines) is 1. The van der Waals surface area contributed by atoms with Gasteiger partial charge in [0.05, 0.1) is 18.1 Å². The van der Waals surface area contributed by atoms with Gasteiger partial charge in [0.25, 0.3) is 5.69 Å². The van der Waals surface area contributed by atoms with E-state index >= 15 is 0 Å². The number of nitro benzene ring substituents is 1. The summed E-state index contributed by atoms with van der Waals surface area (Å²) in [5, 5.41) is 13.8. The number of rotatable bonds is 4. The van der Waals surface area contributed by atoms with Gasteiger partial charge in [0.15, 0.2) is 0 Å². The number of hydrogen-bond donors (Lipinski definition) is 1. The molecule has 1 saturated heterocycles. The Bertz CT molecular complexity index is 776. The van der Waals surface area contributed by atoms with Crippen LogP contribution in [-0.2, 0) is 0 Å². The number of hydrogen-bond acceptors (Lipinski definition) is 4. The second-order valence-corrected chi connectivity index (χ2v) is 5.83. The first-order chi connectivity index (χ1) is 12.1. The van der Waals surface area contributed by atoms with Crippen molar-refractivity contribution in [2.24, 2.45) is 0 Å². The Balaban J connectivity index is 1.78. The van der Waals surface area contributed by atoms with Crippen LogP contribution < -0.4 is 10.1 Å². The molecule has 7 heteroatoms. The summed E-state index contributed by atoms with van der Waals surface area (Å²) in [7, 11) is 1.61. The van der Waals surface area contributed by atoms with E-state index in [9.17, 15) is 14.9 Å². The van der Waals surface area contributed by atoms with Crippen LogP contribution in [-0.4, -0.2) is 29.5 Å². The van der Waals surface area contributed by atoms with Gasteiger partial charge in [0.1, 0.15) is 11.4 Å². The molecule has 0 unspecified atom stereocenters. The van der Waals surface area contributed by atoms with Crippen molar-refractivity contribution in [3.63, 3.8) is 0 Å². The Hall–Kier alpha value is -3.09. The molecule has 0 radical (unpaired) electrons. The van der Waals surface area contributed by atoms with Crippen molar-refractivity contribution in [1.29, 1.82) is 0 Å². The van der Waals surface area contributed by atoms with Crippen molar-refractivity contribution in [3.05, 3.63) is 64.2 Å². The van der Waals surface area contributed by atoms with Crippen LogP contribution in [0.15, 0.2) is 48.5 Å². The zero-order valence-corrected chi connectivity index (χ0v) is 13.8. The average Bonchev–Trinajstić information content (AvgIpc) is 3.12. The van der Waals surface area contributed by atoms with E-state index in [1.54, 1.807) is 24.1 Å². The summed E-state index contributed by atoms with van der Waals surface area (Å²) in [4.78, 5) is 25.0. The fourth-order valence-electron chi connectivity index (χ4n) is 3.11. The summed E-state index contributed by atoms with van der Waals surface area (Å²) < 4.78 is 5.16. The van der Waals surface area contributed by atoms with Gasteiger partial charge >= 0.3 is 6.03 Å². The number of methoxy groups -OCH3 is 1. The topological polar surface area (TPSA) is 84.7 Å². The van der Waals surface area contributed by atoms with Crippen molar-refractivity contribution in [2.45, 2.75) is 18.9 Å². The van der Waals surface area contributed by atoms with Gasteiger partial charge in [-0.2, -0.15) is 0 Å². The molecule has 2 aromatic rings. The molecule has 1 aliphatic heterocycles. The minimum absolute atomic E-state index is 0.0475. The molecule has 1 N–H and O–H groups in total. The molecule has 1 heterocycles. The Kier molecular flexibility index (Phi) is 4.83. The van der Waals surface area contributed by atoms with Gasteiger partial charge in [-0.25, -0.2) is 4.79 Å². The molecule has 130 valence electrons. The van der Waals surface area contributed by atoms with E-state index in [1.807, 2.05) is 24.3 Å². The number of nitro groups is 1. The molecule has 0 aromatic heterocycles. The van der Waals surface area contributed by atoms with E-state index in [2.05, 4.69) is 5.32 Å². The van der Waals surface area contributed by atoms with Crippen LogP contribution >= 0.6 is 0 Å². The van der Waals surface area contributed by atoms with Crippen molar-refractivity contribution in [2.75, 3.05) is 19.0 Å². The lowest BCUT2D eigenvalue weighted by Gasteiger charge is -2.25. The van der Waals surface area contributed by atoms with Crippen LogP contribution in [0.4, 0.5) is 16.2 Å². The predicted molar refractivity (Wildman–Crippen MR) is 93.8 cm³/mol. The highest BCUT2D eigenvalue weighted by Gasteiger charge is 2.31. The first-order valence-electron chi connectivity index (χ1n) is 8.05. The summed E-state index contributed by atoms with van der Waals surface area (Å²) in [5.41, 5.74) is 1.12. The van der Waals surface area contributed by atoms with Crippen LogP contribution in [0.2, 0.25) is 0 Å². The molecule has 0 saturated carbocycles. The summed E-state index contributed by atoms with van der Waals surface area (Å²) in [6, 6.07) is 13.4. The number of amides is 2. The molecular formula is C18H19N3O4. The molecule has 2 amide bonds. The molecule has 1 atom stereocenters. The maximum absolute atomic E-state index is 12.7. The maximum atomic E-state index is 12.7. The Morgan fingerprint density at radius 1 is 1.24 bits per heavy atom. The number of urea groups is 1. The third-order valence-corrected chi connectivity index (χ3v) is 4.36. The molecule has 0 bridgehead atoms. The second-order valence-electron chi connectivity index (χ2n) is 5.83. The monoisotopic (exact) mass is 341 g/mol. The van der Waals surface area contributed by atoms with Crippen molar-refractivity contribution in [1.82, 2.24) is 4.90 Å². The predicted octanol–water partition coefficient (Wildman–Crippen LogP) is 3.97. The smallest absolute Gasteiger partial charge is 0.322 e. The van der Waals surface area contributed by atoms with Crippen LogP contribution in [0.3, 0.4) is 0 Å². The zero-order chi connectivity index (χ0) is 17.8. The summed E-state index contributed by atoms with van der Waals surface area (Å²) in [6.07, 6.45) is 1.75. The van der Waals surface area contributed by atoms with E-state index in [-0.39, 0.29) is 23.4 Å². The number of ether oxygens (including phenoxy) is 1. The fraction of sp³-hybridized carbons (Fsp3) is 0.278. The van der Waals surface area contributed by atoms with Gasteiger partial charge in [-0.15, -0.1) is 0 Å². The second kappa shape index (κ2) is 7.21. The Labute approximate surface area is 145 Å². The molecule has 0 aliphatic carbocycles. The van der Waals surface area contributed by atoms with E-state index in [0.29, 0.717) is 6.54 Å². The van der Waals surface area contributed by atoms with E-state index in [4.69, 9.17) is 4.74 Å². The van der Waals surface area contributed by atoms with E-state index < -0.39 is 4.92 Å².